The van der Waals surface area contributed by atoms with Gasteiger partial charge in [-0.1, -0.05) is 6.07 Å². The smallest absolute Gasteiger partial charge is 0.448 e. The zero-order valence-corrected chi connectivity index (χ0v) is 17.2. The largest absolute Gasteiger partial charge is 0.490 e. The molecule has 0 fully saturated rings. The maximum absolute atomic E-state index is 11.5. The summed E-state index contributed by atoms with van der Waals surface area (Å²) in [6.45, 7) is 0.477. The first-order valence-corrected chi connectivity index (χ1v) is 10.3. The maximum atomic E-state index is 11.5. The summed E-state index contributed by atoms with van der Waals surface area (Å²) in [6, 6.07) is 11.7. The molecule has 0 spiro atoms. The molecule has 30 heavy (non-hydrogen) atoms. The number of carbonyl (C=O) groups is 1. The van der Waals surface area contributed by atoms with Crippen LogP contribution in [0.2, 0.25) is 0 Å². The molecular weight excluding hydrogens is 414 g/mol. The van der Waals surface area contributed by atoms with Gasteiger partial charge in [-0.05, 0) is 35.9 Å². The first-order chi connectivity index (χ1) is 14.4. The van der Waals surface area contributed by atoms with Gasteiger partial charge in [-0.25, -0.2) is 4.18 Å². The Labute approximate surface area is 173 Å². The number of ether oxygens (including phenoxy) is 3. The number of H-pyrrole nitrogens is 1. The maximum Gasteiger partial charge on any atom is 0.448 e. The number of rotatable bonds is 10. The van der Waals surface area contributed by atoms with Gasteiger partial charge in [0.1, 0.15) is 30.5 Å². The Balaban J connectivity index is 1.56. The SMILES string of the molecule is COC(=O)Cc1c[nH]c2ccc(OCCOc3cccc(OS(=O)(=O)OC)c3)cc12. The van der Waals surface area contributed by atoms with Crippen molar-refractivity contribution in [2.24, 2.45) is 0 Å². The predicted octanol–water partition coefficient (Wildman–Crippen LogP) is 2.61. The fraction of sp³-hybridized carbons (Fsp3) is 0.250. The Morgan fingerprint density at radius 2 is 1.67 bits per heavy atom. The molecule has 0 aliphatic rings. The van der Waals surface area contributed by atoms with E-state index >= 15 is 0 Å². The lowest BCUT2D eigenvalue weighted by molar-refractivity contribution is -0.139. The molecule has 1 aromatic heterocycles. The van der Waals surface area contributed by atoms with Crippen molar-refractivity contribution >= 4 is 27.3 Å². The van der Waals surface area contributed by atoms with Crippen LogP contribution in [0, 0.1) is 0 Å². The summed E-state index contributed by atoms with van der Waals surface area (Å²) in [5.74, 6) is 0.801. The van der Waals surface area contributed by atoms with Crippen molar-refractivity contribution in [3.05, 3.63) is 54.2 Å². The molecule has 1 N–H and O–H groups in total. The molecule has 9 nitrogen and oxygen atoms in total. The molecule has 0 saturated carbocycles. The van der Waals surface area contributed by atoms with Gasteiger partial charge in [0.05, 0.1) is 20.6 Å². The number of esters is 1. The molecule has 10 heteroatoms. The van der Waals surface area contributed by atoms with E-state index in [0.29, 0.717) is 11.5 Å². The highest BCUT2D eigenvalue weighted by Crippen LogP contribution is 2.25. The molecule has 160 valence electrons. The van der Waals surface area contributed by atoms with E-state index in [1.165, 1.54) is 19.2 Å². The van der Waals surface area contributed by atoms with Crippen LogP contribution in [0.25, 0.3) is 10.9 Å². The minimum absolute atomic E-state index is 0.0753. The lowest BCUT2D eigenvalue weighted by Crippen LogP contribution is -2.11. The van der Waals surface area contributed by atoms with Crippen LogP contribution in [0.4, 0.5) is 0 Å². The monoisotopic (exact) mass is 435 g/mol. The zero-order chi connectivity index (χ0) is 21.6. The third-order valence-electron chi connectivity index (χ3n) is 4.13. The zero-order valence-electron chi connectivity index (χ0n) is 16.4. The summed E-state index contributed by atoms with van der Waals surface area (Å²) in [5.41, 5.74) is 1.71. The van der Waals surface area contributed by atoms with Gasteiger partial charge in [-0.2, -0.15) is 8.42 Å². The van der Waals surface area contributed by atoms with Crippen LogP contribution in [0.15, 0.2) is 48.7 Å². The fourth-order valence-corrected chi connectivity index (χ4v) is 3.12. The number of aromatic amines is 1. The summed E-state index contributed by atoms with van der Waals surface area (Å²) in [7, 11) is -1.73. The fourth-order valence-electron chi connectivity index (χ4n) is 2.71. The van der Waals surface area contributed by atoms with Crippen LogP contribution in [-0.2, 0) is 30.5 Å². The van der Waals surface area contributed by atoms with E-state index in [-0.39, 0.29) is 31.4 Å². The highest BCUT2D eigenvalue weighted by Gasteiger charge is 2.12. The van der Waals surface area contributed by atoms with E-state index in [1.54, 1.807) is 18.3 Å². The van der Waals surface area contributed by atoms with Crippen molar-refractivity contribution in [1.82, 2.24) is 4.98 Å². The summed E-state index contributed by atoms with van der Waals surface area (Å²) in [5, 5.41) is 0.878. The molecule has 0 saturated heterocycles. The predicted molar refractivity (Wildman–Crippen MR) is 108 cm³/mol. The van der Waals surface area contributed by atoms with Crippen molar-refractivity contribution in [1.29, 1.82) is 0 Å². The molecular formula is C20H21NO8S. The van der Waals surface area contributed by atoms with Gasteiger partial charge in [0, 0.05) is 23.2 Å². The average molecular weight is 435 g/mol. The van der Waals surface area contributed by atoms with Crippen LogP contribution in [0.5, 0.6) is 17.2 Å². The standard InChI is InChI=1S/C20H21NO8S/c1-25-20(22)10-14-13-21-19-7-6-16(12-18(14)19)28-9-8-27-15-4-3-5-17(11-15)29-30(23,24)26-2/h3-7,11-13,21H,8-10H2,1-2H3. The number of carbonyl (C=O) groups excluding carboxylic acids is 1. The summed E-state index contributed by atoms with van der Waals surface area (Å²) < 4.78 is 47.7. The summed E-state index contributed by atoms with van der Waals surface area (Å²) >= 11 is 0. The van der Waals surface area contributed by atoms with Gasteiger partial charge >= 0.3 is 16.4 Å². The van der Waals surface area contributed by atoms with Crippen LogP contribution < -0.4 is 13.7 Å². The van der Waals surface area contributed by atoms with Gasteiger partial charge in [0.25, 0.3) is 0 Å². The lowest BCUT2D eigenvalue weighted by Gasteiger charge is -2.10. The van der Waals surface area contributed by atoms with E-state index in [4.69, 9.17) is 18.4 Å². The Morgan fingerprint density at radius 3 is 2.37 bits per heavy atom. The second kappa shape index (κ2) is 9.51. The van der Waals surface area contributed by atoms with Gasteiger partial charge in [-0.15, -0.1) is 0 Å². The van der Waals surface area contributed by atoms with E-state index in [1.807, 2.05) is 18.2 Å². The minimum atomic E-state index is -4.09. The molecule has 3 aromatic rings. The van der Waals surface area contributed by atoms with Gasteiger partial charge in [0.15, 0.2) is 0 Å². The van der Waals surface area contributed by atoms with E-state index < -0.39 is 10.4 Å². The van der Waals surface area contributed by atoms with Crippen molar-refractivity contribution in [2.75, 3.05) is 27.4 Å². The molecule has 0 atom stereocenters. The molecule has 0 aliphatic heterocycles. The van der Waals surface area contributed by atoms with Crippen molar-refractivity contribution in [3.63, 3.8) is 0 Å². The highest BCUT2D eigenvalue weighted by atomic mass is 32.3. The minimum Gasteiger partial charge on any atom is -0.490 e. The normalized spacial score (nSPS) is 11.3. The van der Waals surface area contributed by atoms with E-state index in [9.17, 15) is 13.2 Å². The van der Waals surface area contributed by atoms with Crippen LogP contribution in [0.3, 0.4) is 0 Å². The second-order valence-corrected chi connectivity index (χ2v) is 7.42. The number of benzene rings is 2. The molecule has 0 amide bonds. The third kappa shape index (κ3) is 5.65. The summed E-state index contributed by atoms with van der Waals surface area (Å²) in [6.07, 6.45) is 1.94. The highest BCUT2D eigenvalue weighted by molar-refractivity contribution is 7.82. The van der Waals surface area contributed by atoms with Crippen molar-refractivity contribution in [3.8, 4) is 17.2 Å². The van der Waals surface area contributed by atoms with E-state index in [2.05, 4.69) is 9.17 Å². The topological polar surface area (TPSA) is 113 Å². The molecule has 0 radical (unpaired) electrons. The van der Waals surface area contributed by atoms with Crippen molar-refractivity contribution < 1.29 is 35.8 Å². The lowest BCUT2D eigenvalue weighted by atomic mass is 10.1. The summed E-state index contributed by atoms with van der Waals surface area (Å²) in [4.78, 5) is 14.6. The quantitative estimate of drug-likeness (QED) is 0.382. The number of hydrogen-bond acceptors (Lipinski definition) is 8. The van der Waals surface area contributed by atoms with Crippen LogP contribution in [0.1, 0.15) is 5.56 Å². The van der Waals surface area contributed by atoms with Gasteiger partial charge < -0.3 is 23.4 Å². The first kappa shape index (κ1) is 21.5. The number of nitrogens with one attached hydrogen (secondary N) is 1. The Morgan fingerprint density at radius 1 is 0.967 bits per heavy atom. The molecule has 0 unspecified atom stereocenters. The molecule has 3 rings (SSSR count). The molecule has 0 aliphatic carbocycles. The average Bonchev–Trinajstić information content (AvgIpc) is 3.13. The molecule has 2 aromatic carbocycles. The van der Waals surface area contributed by atoms with Gasteiger partial charge in [-0.3, -0.25) is 4.79 Å². The van der Waals surface area contributed by atoms with Crippen LogP contribution in [-0.4, -0.2) is 46.8 Å². The number of hydrogen-bond donors (Lipinski definition) is 1. The van der Waals surface area contributed by atoms with Crippen LogP contribution >= 0.6 is 0 Å². The number of methoxy groups -OCH3 is 1. The van der Waals surface area contributed by atoms with E-state index in [0.717, 1.165) is 23.6 Å². The molecule has 1 heterocycles. The number of fused-ring (bicyclic) bond motifs is 1. The number of aromatic nitrogens is 1. The Hall–Kier alpha value is -3.24. The Kier molecular flexibility index (Phi) is 6.80. The second-order valence-electron chi connectivity index (χ2n) is 6.10. The van der Waals surface area contributed by atoms with Crippen molar-refractivity contribution in [2.45, 2.75) is 6.42 Å². The third-order valence-corrected chi connectivity index (χ3v) is 4.93. The first-order valence-electron chi connectivity index (χ1n) is 8.92. The van der Waals surface area contributed by atoms with Gasteiger partial charge in [0.2, 0.25) is 0 Å². The molecule has 0 bridgehead atoms. The Bertz CT molecular complexity index is 1120.